The zero-order valence-corrected chi connectivity index (χ0v) is 11.2. The molecule has 1 amide bonds. The first-order valence-electron chi connectivity index (χ1n) is 5.29. The number of nitrogens with one attached hydrogen (secondary N) is 1. The maximum absolute atomic E-state index is 13.1. The van der Waals surface area contributed by atoms with Crippen molar-refractivity contribution in [1.82, 2.24) is 0 Å². The molecule has 7 heteroatoms. The van der Waals surface area contributed by atoms with Crippen LogP contribution >= 0.6 is 23.2 Å². The van der Waals surface area contributed by atoms with Crippen molar-refractivity contribution in [2.75, 3.05) is 5.32 Å². The van der Waals surface area contributed by atoms with E-state index in [0.717, 1.165) is 12.1 Å². The summed E-state index contributed by atoms with van der Waals surface area (Å²) < 4.78 is 38.9. The van der Waals surface area contributed by atoms with Crippen LogP contribution in [0.1, 0.15) is 10.4 Å². The average molecular weight is 320 g/mol. The second-order valence-electron chi connectivity index (χ2n) is 3.82. The summed E-state index contributed by atoms with van der Waals surface area (Å²) >= 11 is 11.4. The average Bonchev–Trinajstić information content (AvgIpc) is 2.37. The fourth-order valence-electron chi connectivity index (χ4n) is 1.48. The number of benzene rings is 2. The normalized spacial score (nSPS) is 10.4. The first-order chi connectivity index (χ1) is 9.38. The van der Waals surface area contributed by atoms with Crippen LogP contribution in [0.4, 0.5) is 18.9 Å². The molecule has 0 bridgehead atoms. The third kappa shape index (κ3) is 3.05. The number of hydrogen-bond acceptors (Lipinski definition) is 1. The molecule has 20 heavy (non-hydrogen) atoms. The smallest absolute Gasteiger partial charge is 0.257 e. The van der Waals surface area contributed by atoms with Crippen molar-refractivity contribution in [2.24, 2.45) is 0 Å². The zero-order chi connectivity index (χ0) is 14.9. The van der Waals surface area contributed by atoms with Crippen molar-refractivity contribution in [3.63, 3.8) is 0 Å². The van der Waals surface area contributed by atoms with Gasteiger partial charge in [0.2, 0.25) is 0 Å². The third-order valence-corrected chi connectivity index (χ3v) is 3.06. The highest BCUT2D eigenvalue weighted by Crippen LogP contribution is 2.25. The lowest BCUT2D eigenvalue weighted by Gasteiger charge is -2.09. The zero-order valence-electron chi connectivity index (χ0n) is 9.68. The molecule has 0 unspecified atom stereocenters. The van der Waals surface area contributed by atoms with Crippen LogP contribution in [0.2, 0.25) is 10.0 Å². The van der Waals surface area contributed by atoms with E-state index < -0.39 is 23.4 Å². The Kier molecular flexibility index (Phi) is 4.20. The van der Waals surface area contributed by atoms with Crippen molar-refractivity contribution in [2.45, 2.75) is 0 Å². The Bertz CT molecular complexity index is 692. The van der Waals surface area contributed by atoms with Gasteiger partial charge in [0.05, 0.1) is 21.3 Å². The van der Waals surface area contributed by atoms with E-state index in [1.165, 1.54) is 6.07 Å². The molecule has 0 aliphatic heterocycles. The van der Waals surface area contributed by atoms with Gasteiger partial charge in [-0.2, -0.15) is 0 Å². The molecule has 0 saturated carbocycles. The van der Waals surface area contributed by atoms with Gasteiger partial charge >= 0.3 is 0 Å². The number of rotatable bonds is 2. The van der Waals surface area contributed by atoms with Crippen molar-refractivity contribution in [3.05, 3.63) is 63.4 Å². The molecular formula is C13H6Cl2F3NO. The Labute approximate surface area is 122 Å². The molecule has 0 saturated heterocycles. The molecule has 0 aromatic heterocycles. The Hall–Kier alpha value is -1.72. The second-order valence-corrected chi connectivity index (χ2v) is 4.64. The van der Waals surface area contributed by atoms with E-state index >= 15 is 0 Å². The van der Waals surface area contributed by atoms with E-state index in [-0.39, 0.29) is 21.3 Å². The van der Waals surface area contributed by atoms with Crippen LogP contribution < -0.4 is 5.32 Å². The van der Waals surface area contributed by atoms with Gasteiger partial charge in [0.25, 0.3) is 5.91 Å². The molecule has 0 aliphatic rings. The Balaban J connectivity index is 2.31. The van der Waals surface area contributed by atoms with E-state index in [9.17, 15) is 18.0 Å². The molecule has 2 nitrogen and oxygen atoms in total. The first-order valence-corrected chi connectivity index (χ1v) is 6.05. The number of anilines is 1. The molecule has 0 spiro atoms. The van der Waals surface area contributed by atoms with Crippen molar-refractivity contribution in [1.29, 1.82) is 0 Å². The molecule has 2 aromatic rings. The Morgan fingerprint density at radius 1 is 0.950 bits per heavy atom. The molecule has 104 valence electrons. The van der Waals surface area contributed by atoms with Gasteiger partial charge in [0.1, 0.15) is 5.82 Å². The van der Waals surface area contributed by atoms with Gasteiger partial charge in [-0.15, -0.1) is 0 Å². The van der Waals surface area contributed by atoms with Gasteiger partial charge < -0.3 is 5.32 Å². The standard InChI is InChI=1S/C13H6Cl2F3NO/c14-8-5-11(18)10(17)4-7(8)13(20)19-12-2-1-6(16)3-9(12)15/h1-5H,(H,19,20). The summed E-state index contributed by atoms with van der Waals surface area (Å²) in [6.07, 6.45) is 0. The summed E-state index contributed by atoms with van der Waals surface area (Å²) in [5.74, 6) is -3.72. The fourth-order valence-corrected chi connectivity index (χ4v) is 1.93. The Morgan fingerprint density at radius 3 is 2.25 bits per heavy atom. The van der Waals surface area contributed by atoms with Crippen LogP contribution in [-0.2, 0) is 0 Å². The minimum absolute atomic E-state index is 0.0305. The topological polar surface area (TPSA) is 29.1 Å². The highest BCUT2D eigenvalue weighted by atomic mass is 35.5. The lowest BCUT2D eigenvalue weighted by Crippen LogP contribution is -2.13. The van der Waals surface area contributed by atoms with E-state index in [1.54, 1.807) is 0 Å². The van der Waals surface area contributed by atoms with Gasteiger partial charge in [0, 0.05) is 0 Å². The highest BCUT2D eigenvalue weighted by Gasteiger charge is 2.16. The predicted molar refractivity (Wildman–Crippen MR) is 70.7 cm³/mol. The van der Waals surface area contributed by atoms with E-state index in [2.05, 4.69) is 5.32 Å². The van der Waals surface area contributed by atoms with Crippen LogP contribution in [-0.4, -0.2) is 5.91 Å². The minimum atomic E-state index is -1.20. The third-order valence-electron chi connectivity index (χ3n) is 2.43. The number of hydrogen-bond donors (Lipinski definition) is 1. The molecule has 0 fully saturated rings. The van der Waals surface area contributed by atoms with Crippen molar-refractivity contribution in [3.8, 4) is 0 Å². The first kappa shape index (κ1) is 14.7. The van der Waals surface area contributed by atoms with Crippen LogP contribution in [0.25, 0.3) is 0 Å². The number of carbonyl (C=O) groups is 1. The fraction of sp³-hybridized carbons (Fsp3) is 0. The van der Waals surface area contributed by atoms with Crippen LogP contribution in [0.5, 0.6) is 0 Å². The highest BCUT2D eigenvalue weighted by molar-refractivity contribution is 6.36. The summed E-state index contributed by atoms with van der Waals surface area (Å²) in [5.41, 5.74) is -0.134. The summed E-state index contributed by atoms with van der Waals surface area (Å²) in [7, 11) is 0. The maximum atomic E-state index is 13.1. The minimum Gasteiger partial charge on any atom is -0.321 e. The lowest BCUT2D eigenvalue weighted by atomic mass is 10.2. The summed E-state index contributed by atoms with van der Waals surface area (Å²) in [4.78, 5) is 11.9. The van der Waals surface area contributed by atoms with E-state index in [4.69, 9.17) is 23.2 Å². The number of amides is 1. The Morgan fingerprint density at radius 2 is 1.60 bits per heavy atom. The van der Waals surface area contributed by atoms with Gasteiger partial charge in [-0.3, -0.25) is 4.79 Å². The quantitative estimate of drug-likeness (QED) is 0.801. The molecule has 0 aliphatic carbocycles. The SMILES string of the molecule is O=C(Nc1ccc(F)cc1Cl)c1cc(F)c(F)cc1Cl. The second kappa shape index (κ2) is 5.73. The molecular weight excluding hydrogens is 314 g/mol. The molecule has 0 radical (unpaired) electrons. The van der Waals surface area contributed by atoms with Crippen LogP contribution in [0.15, 0.2) is 30.3 Å². The van der Waals surface area contributed by atoms with Crippen molar-refractivity contribution >= 4 is 34.8 Å². The maximum Gasteiger partial charge on any atom is 0.257 e. The van der Waals surface area contributed by atoms with Gasteiger partial charge in [-0.05, 0) is 30.3 Å². The lowest BCUT2D eigenvalue weighted by molar-refractivity contribution is 0.102. The molecule has 0 atom stereocenters. The molecule has 0 heterocycles. The number of halogens is 5. The summed E-state index contributed by atoms with van der Waals surface area (Å²) in [6.45, 7) is 0. The van der Waals surface area contributed by atoms with Gasteiger partial charge in [0.15, 0.2) is 11.6 Å². The van der Waals surface area contributed by atoms with E-state index in [0.29, 0.717) is 12.1 Å². The molecule has 2 rings (SSSR count). The van der Waals surface area contributed by atoms with Gasteiger partial charge in [-0.1, -0.05) is 23.2 Å². The van der Waals surface area contributed by atoms with E-state index in [1.807, 2.05) is 0 Å². The summed E-state index contributed by atoms with van der Waals surface area (Å²) in [5, 5.41) is 2.05. The van der Waals surface area contributed by atoms with Gasteiger partial charge in [-0.25, -0.2) is 13.2 Å². The molecule has 2 aromatic carbocycles. The summed E-state index contributed by atoms with van der Waals surface area (Å²) in [6, 6.07) is 4.70. The van der Waals surface area contributed by atoms with Crippen molar-refractivity contribution < 1.29 is 18.0 Å². The van der Waals surface area contributed by atoms with Crippen LogP contribution in [0, 0.1) is 17.5 Å². The monoisotopic (exact) mass is 319 g/mol. The largest absolute Gasteiger partial charge is 0.321 e. The molecule has 1 N–H and O–H groups in total. The predicted octanol–water partition coefficient (Wildman–Crippen LogP) is 4.66. The van der Waals surface area contributed by atoms with Crippen LogP contribution in [0.3, 0.4) is 0 Å². The number of carbonyl (C=O) groups excluding carboxylic acids is 1.